The van der Waals surface area contributed by atoms with Gasteiger partial charge < -0.3 is 10.6 Å². The van der Waals surface area contributed by atoms with E-state index in [1.54, 1.807) is 12.4 Å². The van der Waals surface area contributed by atoms with E-state index in [-0.39, 0.29) is 0 Å². The van der Waals surface area contributed by atoms with Gasteiger partial charge in [0.05, 0.1) is 11.0 Å². The van der Waals surface area contributed by atoms with E-state index in [1.165, 1.54) is 5.56 Å². The number of benzene rings is 1. The molecule has 0 aliphatic heterocycles. The molecule has 2 rings (SSSR count). The Labute approximate surface area is 101 Å². The van der Waals surface area contributed by atoms with Gasteiger partial charge in [-0.1, -0.05) is 6.07 Å². The number of nitrogens with one attached hydrogen (secondary N) is 2. The molecule has 0 fully saturated rings. The largest absolute Gasteiger partial charge is 0.318 e. The monoisotopic (exact) mass is 230 g/mol. The minimum absolute atomic E-state index is 0.456. The molecule has 4 nitrogen and oxygen atoms in total. The fourth-order valence-corrected chi connectivity index (χ4v) is 1.79. The second kappa shape index (κ2) is 5.70. The SMILES string of the molecule is CNCC(C)NCc1ccc2nccnc2c1. The molecule has 2 N–H and O–H groups in total. The zero-order valence-corrected chi connectivity index (χ0v) is 10.3. The molecule has 1 aromatic heterocycles. The molecule has 1 unspecified atom stereocenters. The Morgan fingerprint density at radius 2 is 1.94 bits per heavy atom. The summed E-state index contributed by atoms with van der Waals surface area (Å²) in [6.07, 6.45) is 3.44. The predicted octanol–water partition coefficient (Wildman–Crippen LogP) is 1.33. The van der Waals surface area contributed by atoms with Crippen LogP contribution >= 0.6 is 0 Å². The first-order valence-corrected chi connectivity index (χ1v) is 5.87. The quantitative estimate of drug-likeness (QED) is 0.813. The van der Waals surface area contributed by atoms with Gasteiger partial charge in [0.1, 0.15) is 0 Å². The van der Waals surface area contributed by atoms with Crippen molar-refractivity contribution >= 4 is 11.0 Å². The van der Waals surface area contributed by atoms with Crippen molar-refractivity contribution in [1.82, 2.24) is 20.6 Å². The molecule has 0 spiro atoms. The smallest absolute Gasteiger partial charge is 0.0890 e. The van der Waals surface area contributed by atoms with Crippen molar-refractivity contribution in [3.8, 4) is 0 Å². The van der Waals surface area contributed by atoms with E-state index in [1.807, 2.05) is 13.1 Å². The summed E-state index contributed by atoms with van der Waals surface area (Å²) in [5.41, 5.74) is 3.13. The summed E-state index contributed by atoms with van der Waals surface area (Å²) in [4.78, 5) is 8.56. The Morgan fingerprint density at radius 1 is 1.18 bits per heavy atom. The van der Waals surface area contributed by atoms with Crippen molar-refractivity contribution in [2.75, 3.05) is 13.6 Å². The molecule has 1 aromatic carbocycles. The fourth-order valence-electron chi connectivity index (χ4n) is 1.79. The van der Waals surface area contributed by atoms with Crippen LogP contribution in [0.5, 0.6) is 0 Å². The molecular weight excluding hydrogens is 212 g/mol. The van der Waals surface area contributed by atoms with Crippen molar-refractivity contribution < 1.29 is 0 Å². The molecular formula is C13H18N4. The molecule has 90 valence electrons. The maximum absolute atomic E-state index is 4.30. The molecule has 0 saturated carbocycles. The van der Waals surface area contributed by atoms with Crippen molar-refractivity contribution in [2.45, 2.75) is 19.5 Å². The third kappa shape index (κ3) is 3.22. The topological polar surface area (TPSA) is 49.8 Å². The maximum Gasteiger partial charge on any atom is 0.0890 e. The highest BCUT2D eigenvalue weighted by atomic mass is 15.0. The first kappa shape index (κ1) is 12.0. The summed E-state index contributed by atoms with van der Waals surface area (Å²) < 4.78 is 0. The number of nitrogens with zero attached hydrogens (tertiary/aromatic N) is 2. The standard InChI is InChI=1S/C13H18N4/c1-10(8-14-2)17-9-11-3-4-12-13(7-11)16-6-5-15-12/h3-7,10,14,17H,8-9H2,1-2H3. The number of fused-ring (bicyclic) bond motifs is 1. The Hall–Kier alpha value is -1.52. The molecule has 1 atom stereocenters. The lowest BCUT2D eigenvalue weighted by molar-refractivity contribution is 0.523. The van der Waals surface area contributed by atoms with Crippen LogP contribution in [0.25, 0.3) is 11.0 Å². The van der Waals surface area contributed by atoms with Gasteiger partial charge in [-0.15, -0.1) is 0 Å². The van der Waals surface area contributed by atoms with E-state index in [0.717, 1.165) is 24.1 Å². The van der Waals surface area contributed by atoms with Crippen LogP contribution in [0.15, 0.2) is 30.6 Å². The third-order valence-electron chi connectivity index (χ3n) is 2.70. The van der Waals surface area contributed by atoms with Gasteiger partial charge in [0.2, 0.25) is 0 Å². The molecule has 1 heterocycles. The third-order valence-corrected chi connectivity index (χ3v) is 2.70. The summed E-state index contributed by atoms with van der Waals surface area (Å²) in [5.74, 6) is 0. The van der Waals surface area contributed by atoms with Crippen LogP contribution in [0.1, 0.15) is 12.5 Å². The molecule has 17 heavy (non-hydrogen) atoms. The highest BCUT2D eigenvalue weighted by Crippen LogP contribution is 2.10. The second-order valence-electron chi connectivity index (χ2n) is 4.22. The zero-order valence-electron chi connectivity index (χ0n) is 10.3. The fraction of sp³-hybridized carbons (Fsp3) is 0.385. The highest BCUT2D eigenvalue weighted by Gasteiger charge is 2.01. The Kier molecular flexibility index (Phi) is 4.01. The lowest BCUT2D eigenvalue weighted by atomic mass is 10.2. The molecule has 0 saturated heterocycles. The number of hydrogen-bond donors (Lipinski definition) is 2. The Bertz CT molecular complexity index is 484. The average molecular weight is 230 g/mol. The summed E-state index contributed by atoms with van der Waals surface area (Å²) in [5, 5.41) is 6.60. The number of rotatable bonds is 5. The molecule has 0 bridgehead atoms. The van der Waals surface area contributed by atoms with E-state index in [2.05, 4.69) is 39.7 Å². The predicted molar refractivity (Wildman–Crippen MR) is 69.8 cm³/mol. The van der Waals surface area contributed by atoms with E-state index < -0.39 is 0 Å². The molecule has 0 aliphatic rings. The van der Waals surface area contributed by atoms with Crippen LogP contribution in [0, 0.1) is 0 Å². The lowest BCUT2D eigenvalue weighted by Crippen LogP contribution is -2.34. The Morgan fingerprint density at radius 3 is 2.71 bits per heavy atom. The van der Waals surface area contributed by atoms with Crippen LogP contribution < -0.4 is 10.6 Å². The van der Waals surface area contributed by atoms with Gasteiger partial charge in [-0.05, 0) is 31.7 Å². The molecule has 0 amide bonds. The van der Waals surface area contributed by atoms with Gasteiger partial charge in [0.15, 0.2) is 0 Å². The van der Waals surface area contributed by atoms with Gasteiger partial charge in [0, 0.05) is 31.5 Å². The van der Waals surface area contributed by atoms with E-state index >= 15 is 0 Å². The van der Waals surface area contributed by atoms with E-state index in [9.17, 15) is 0 Å². The van der Waals surface area contributed by atoms with Gasteiger partial charge in [0.25, 0.3) is 0 Å². The minimum Gasteiger partial charge on any atom is -0.318 e. The maximum atomic E-state index is 4.30. The van der Waals surface area contributed by atoms with E-state index in [0.29, 0.717) is 6.04 Å². The molecule has 2 aromatic rings. The van der Waals surface area contributed by atoms with Crippen molar-refractivity contribution in [3.05, 3.63) is 36.2 Å². The van der Waals surface area contributed by atoms with Gasteiger partial charge in [-0.2, -0.15) is 0 Å². The van der Waals surface area contributed by atoms with Gasteiger partial charge in [-0.25, -0.2) is 0 Å². The van der Waals surface area contributed by atoms with Crippen LogP contribution in [0.4, 0.5) is 0 Å². The van der Waals surface area contributed by atoms with E-state index in [4.69, 9.17) is 0 Å². The zero-order chi connectivity index (χ0) is 12.1. The summed E-state index contributed by atoms with van der Waals surface area (Å²) in [6.45, 7) is 3.99. The van der Waals surface area contributed by atoms with Crippen LogP contribution in [-0.2, 0) is 6.54 Å². The summed E-state index contributed by atoms with van der Waals surface area (Å²) >= 11 is 0. The normalized spacial score (nSPS) is 12.8. The number of aromatic nitrogens is 2. The van der Waals surface area contributed by atoms with Crippen molar-refractivity contribution in [2.24, 2.45) is 0 Å². The number of likely N-dealkylation sites (N-methyl/N-ethyl adjacent to an activating group) is 1. The molecule has 4 heteroatoms. The minimum atomic E-state index is 0.456. The van der Waals surface area contributed by atoms with Crippen LogP contribution in [0.2, 0.25) is 0 Å². The first-order valence-electron chi connectivity index (χ1n) is 5.87. The van der Waals surface area contributed by atoms with Crippen molar-refractivity contribution in [1.29, 1.82) is 0 Å². The van der Waals surface area contributed by atoms with Crippen LogP contribution in [-0.4, -0.2) is 29.6 Å². The van der Waals surface area contributed by atoms with Crippen molar-refractivity contribution in [3.63, 3.8) is 0 Å². The average Bonchev–Trinajstić information content (AvgIpc) is 2.36. The van der Waals surface area contributed by atoms with Gasteiger partial charge in [-0.3, -0.25) is 9.97 Å². The number of hydrogen-bond acceptors (Lipinski definition) is 4. The second-order valence-corrected chi connectivity index (χ2v) is 4.22. The van der Waals surface area contributed by atoms with Crippen LogP contribution in [0.3, 0.4) is 0 Å². The molecule has 0 aliphatic carbocycles. The Balaban J connectivity index is 2.04. The summed E-state index contributed by atoms with van der Waals surface area (Å²) in [6, 6.07) is 6.65. The van der Waals surface area contributed by atoms with Gasteiger partial charge >= 0.3 is 0 Å². The highest BCUT2D eigenvalue weighted by molar-refractivity contribution is 5.74. The lowest BCUT2D eigenvalue weighted by Gasteiger charge is -2.13. The summed E-state index contributed by atoms with van der Waals surface area (Å²) in [7, 11) is 1.96. The molecule has 0 radical (unpaired) electrons. The first-order chi connectivity index (χ1) is 8.29.